The number of benzene rings is 2. The lowest BCUT2D eigenvalue weighted by molar-refractivity contribution is -0.154. The summed E-state index contributed by atoms with van der Waals surface area (Å²) in [5, 5.41) is 14.5. The summed E-state index contributed by atoms with van der Waals surface area (Å²) < 4.78 is 48.7. The maximum atomic E-state index is 12.9. The molecular formula is C34H35ClF3N9O5. The van der Waals surface area contributed by atoms with Crippen LogP contribution in [-0.2, 0) is 15.1 Å². The predicted molar refractivity (Wildman–Crippen MR) is 186 cm³/mol. The molecule has 274 valence electrons. The van der Waals surface area contributed by atoms with E-state index < -0.39 is 47.5 Å². The lowest BCUT2D eigenvalue weighted by atomic mass is 9.93. The van der Waals surface area contributed by atoms with E-state index in [1.807, 2.05) is 12.1 Å². The molecule has 1 aliphatic carbocycles. The molecule has 2 aromatic heterocycles. The molecule has 5 N–H and O–H groups in total. The average Bonchev–Trinajstić information content (AvgIpc) is 3.89. The smallest absolute Gasteiger partial charge is 0.422 e. The van der Waals surface area contributed by atoms with Gasteiger partial charge in [0.25, 0.3) is 5.91 Å². The number of carbonyl (C=O) groups is 3. The molecule has 0 atom stereocenters. The van der Waals surface area contributed by atoms with Crippen molar-refractivity contribution in [2.45, 2.75) is 38.4 Å². The van der Waals surface area contributed by atoms with Crippen molar-refractivity contribution in [3.63, 3.8) is 0 Å². The summed E-state index contributed by atoms with van der Waals surface area (Å²) in [7, 11) is 1.39. The van der Waals surface area contributed by atoms with Gasteiger partial charge < -0.3 is 36.1 Å². The van der Waals surface area contributed by atoms with Crippen molar-refractivity contribution < 1.29 is 37.0 Å². The molecule has 5 rings (SSSR count). The van der Waals surface area contributed by atoms with Gasteiger partial charge in [0, 0.05) is 35.6 Å². The first-order chi connectivity index (χ1) is 24.6. The van der Waals surface area contributed by atoms with Gasteiger partial charge in [0.1, 0.15) is 5.69 Å². The molecule has 2 heterocycles. The molecule has 18 heteroatoms. The van der Waals surface area contributed by atoms with E-state index in [2.05, 4.69) is 46.5 Å². The van der Waals surface area contributed by atoms with Crippen molar-refractivity contribution in [3.05, 3.63) is 83.0 Å². The maximum absolute atomic E-state index is 12.9. The third-order valence-corrected chi connectivity index (χ3v) is 8.01. The zero-order valence-electron chi connectivity index (χ0n) is 28.2. The van der Waals surface area contributed by atoms with E-state index in [4.69, 9.17) is 21.1 Å². The highest BCUT2D eigenvalue weighted by Crippen LogP contribution is 2.48. The number of hydrogen-bond acceptors (Lipinski definition) is 11. The number of nitrogens with one attached hydrogen (secondary N) is 5. The van der Waals surface area contributed by atoms with Crippen LogP contribution >= 0.6 is 11.6 Å². The number of rotatable bonds is 14. The van der Waals surface area contributed by atoms with Gasteiger partial charge in [0.2, 0.25) is 17.8 Å². The van der Waals surface area contributed by atoms with E-state index in [-0.39, 0.29) is 36.6 Å². The van der Waals surface area contributed by atoms with Crippen molar-refractivity contribution in [1.29, 1.82) is 0 Å². The third-order valence-electron chi connectivity index (χ3n) is 7.75. The Morgan fingerprint density at radius 3 is 2.21 bits per heavy atom. The first-order valence-corrected chi connectivity index (χ1v) is 16.2. The Labute approximate surface area is 301 Å². The molecule has 3 amide bonds. The molecule has 1 aliphatic rings. The Bertz CT molecular complexity index is 1910. The van der Waals surface area contributed by atoms with Crippen LogP contribution in [0.3, 0.4) is 0 Å². The lowest BCUT2D eigenvalue weighted by Crippen LogP contribution is -2.45. The molecule has 52 heavy (non-hydrogen) atoms. The highest BCUT2D eigenvalue weighted by atomic mass is 35.5. The Kier molecular flexibility index (Phi) is 11.3. The molecule has 1 fully saturated rings. The highest BCUT2D eigenvalue weighted by molar-refractivity contribution is 6.39. The third kappa shape index (κ3) is 10.4. The summed E-state index contributed by atoms with van der Waals surface area (Å²) in [6.07, 6.45) is -1.66. The van der Waals surface area contributed by atoms with Crippen LogP contribution in [0.25, 0.3) is 0 Å². The van der Waals surface area contributed by atoms with Crippen LogP contribution in [0.5, 0.6) is 11.9 Å². The summed E-state index contributed by atoms with van der Waals surface area (Å²) in [4.78, 5) is 54.1. The van der Waals surface area contributed by atoms with Gasteiger partial charge in [-0.15, -0.1) is 0 Å². The van der Waals surface area contributed by atoms with Gasteiger partial charge in [0.15, 0.2) is 6.61 Å². The van der Waals surface area contributed by atoms with Crippen LogP contribution in [0.4, 0.5) is 36.4 Å². The van der Waals surface area contributed by atoms with Gasteiger partial charge >= 0.3 is 24.0 Å². The number of anilines is 4. The van der Waals surface area contributed by atoms with Crippen LogP contribution in [-0.4, -0.2) is 70.6 Å². The van der Waals surface area contributed by atoms with Crippen LogP contribution in [0.1, 0.15) is 42.6 Å². The van der Waals surface area contributed by atoms with Crippen molar-refractivity contribution in [1.82, 2.24) is 30.6 Å². The van der Waals surface area contributed by atoms with Crippen LogP contribution in [0.15, 0.2) is 66.9 Å². The molecule has 0 saturated heterocycles. The number of hydrogen-bond donors (Lipinski definition) is 5. The molecule has 0 unspecified atom stereocenters. The van der Waals surface area contributed by atoms with Gasteiger partial charge in [-0.25, -0.2) is 4.98 Å². The van der Waals surface area contributed by atoms with Gasteiger partial charge in [-0.1, -0.05) is 37.6 Å². The quantitative estimate of drug-likeness (QED) is 0.107. The van der Waals surface area contributed by atoms with Crippen LogP contribution in [0, 0.1) is 5.41 Å². The van der Waals surface area contributed by atoms with Crippen molar-refractivity contribution in [3.8, 4) is 11.9 Å². The maximum Gasteiger partial charge on any atom is 0.422 e. The molecule has 14 nitrogen and oxygen atoms in total. The Hall–Kier alpha value is -5.71. The SMILES string of the molecule is COc1ncccc1NC(=O)C(=O)NCC(C)(C)CNC(=O)c1ccc(Nc2nc(NC3(c4ccc(Cl)cc4)CC3)nc(OCC(F)(F)F)n2)cc1. The minimum Gasteiger partial charge on any atom is -0.480 e. The second-order valence-corrected chi connectivity index (χ2v) is 13.1. The van der Waals surface area contributed by atoms with Gasteiger partial charge in [-0.05, 0) is 72.4 Å². The van der Waals surface area contributed by atoms with E-state index in [9.17, 15) is 27.6 Å². The number of carbonyl (C=O) groups excluding carboxylic acids is 3. The summed E-state index contributed by atoms with van der Waals surface area (Å²) in [6.45, 7) is 2.23. The number of halogens is 4. The zero-order valence-corrected chi connectivity index (χ0v) is 29.0. The summed E-state index contributed by atoms with van der Waals surface area (Å²) >= 11 is 6.03. The summed E-state index contributed by atoms with van der Waals surface area (Å²) in [5.41, 5.74) is 0.729. The van der Waals surface area contributed by atoms with E-state index >= 15 is 0 Å². The summed E-state index contributed by atoms with van der Waals surface area (Å²) in [6, 6.07) is 16.0. The molecule has 2 aromatic carbocycles. The number of ether oxygens (including phenoxy) is 2. The fraction of sp³-hybridized carbons (Fsp3) is 0.324. The Morgan fingerprint density at radius 2 is 1.56 bits per heavy atom. The van der Waals surface area contributed by atoms with Gasteiger partial charge in [0.05, 0.1) is 12.6 Å². The Balaban J connectivity index is 1.17. The fourth-order valence-corrected chi connectivity index (χ4v) is 4.94. The van der Waals surface area contributed by atoms with Crippen LogP contribution < -0.4 is 36.1 Å². The zero-order chi connectivity index (χ0) is 37.5. The molecular weight excluding hydrogens is 707 g/mol. The largest absolute Gasteiger partial charge is 0.480 e. The highest BCUT2D eigenvalue weighted by Gasteiger charge is 2.45. The standard InChI is InChI=1S/C34H35ClF3N9O5/c1-32(2,18-41-26(49)27(50)43-24-5-4-16-39-28(24)51-3)17-40-25(48)20-6-12-23(13-7-20)42-29-44-30(46-31(45-29)52-19-34(36,37)38)47-33(14-15-33)21-8-10-22(35)11-9-21/h4-13,16H,14-15,17-19H2,1-3H3,(H,40,48)(H,41,49)(H,43,50)(H2,42,44,45,46,47). The molecule has 0 spiro atoms. The molecule has 1 saturated carbocycles. The first kappa shape index (κ1) is 37.5. The molecule has 0 bridgehead atoms. The first-order valence-electron chi connectivity index (χ1n) is 15.9. The minimum absolute atomic E-state index is 0.00582. The predicted octanol–water partition coefficient (Wildman–Crippen LogP) is 5.23. The second-order valence-electron chi connectivity index (χ2n) is 12.6. The van der Waals surface area contributed by atoms with Crippen LogP contribution in [0.2, 0.25) is 5.02 Å². The second kappa shape index (κ2) is 15.7. The van der Waals surface area contributed by atoms with E-state index in [1.54, 1.807) is 50.2 Å². The van der Waals surface area contributed by atoms with E-state index in [0.29, 0.717) is 16.3 Å². The monoisotopic (exact) mass is 741 g/mol. The van der Waals surface area contributed by atoms with Crippen molar-refractivity contribution in [2.75, 3.05) is 42.8 Å². The van der Waals surface area contributed by atoms with E-state index in [1.165, 1.54) is 25.4 Å². The number of pyridine rings is 1. The normalized spacial score (nSPS) is 13.4. The Morgan fingerprint density at radius 1 is 0.885 bits per heavy atom. The number of amides is 3. The number of alkyl halides is 3. The fourth-order valence-electron chi connectivity index (χ4n) is 4.82. The van der Waals surface area contributed by atoms with Gasteiger partial charge in [-0.3, -0.25) is 14.4 Å². The minimum atomic E-state index is -4.61. The van der Waals surface area contributed by atoms with Gasteiger partial charge in [-0.2, -0.15) is 28.1 Å². The summed E-state index contributed by atoms with van der Waals surface area (Å²) in [5.74, 6) is -2.11. The molecule has 0 aliphatic heterocycles. The van der Waals surface area contributed by atoms with Crippen molar-refractivity contribution >= 4 is 52.6 Å². The topological polar surface area (TPSA) is 181 Å². The number of nitrogens with zero attached hydrogens (tertiary/aromatic N) is 4. The average molecular weight is 742 g/mol. The molecule has 0 radical (unpaired) electrons. The van der Waals surface area contributed by atoms with Crippen molar-refractivity contribution in [2.24, 2.45) is 5.41 Å². The lowest BCUT2D eigenvalue weighted by Gasteiger charge is -2.25. The number of methoxy groups -OCH3 is 1. The van der Waals surface area contributed by atoms with E-state index in [0.717, 1.165) is 18.4 Å². The number of aromatic nitrogens is 4. The molecule has 4 aromatic rings.